The van der Waals surface area contributed by atoms with E-state index in [1.54, 1.807) is 7.11 Å². The third-order valence-corrected chi connectivity index (χ3v) is 4.37. The van der Waals surface area contributed by atoms with Crippen molar-refractivity contribution in [2.75, 3.05) is 32.2 Å². The number of nitrogens with zero attached hydrogens (tertiary/aromatic N) is 3. The van der Waals surface area contributed by atoms with E-state index in [2.05, 4.69) is 41.3 Å². The topological polar surface area (TPSA) is 63.4 Å². The van der Waals surface area contributed by atoms with Gasteiger partial charge in [0, 0.05) is 26.7 Å². The van der Waals surface area contributed by atoms with Crippen molar-refractivity contribution in [3.8, 4) is 0 Å². The lowest BCUT2D eigenvalue weighted by Crippen LogP contribution is -2.37. The summed E-state index contributed by atoms with van der Waals surface area (Å²) in [6.07, 6.45) is 4.88. The normalized spacial score (nSPS) is 18.9. The maximum absolute atomic E-state index is 5.73. The predicted octanol–water partition coefficient (Wildman–Crippen LogP) is 2.21. The molecule has 120 valence electrons. The minimum atomic E-state index is 0.475. The molecule has 0 atom stereocenters. The minimum absolute atomic E-state index is 0.475. The molecule has 0 unspecified atom stereocenters. The molecule has 0 aromatic carbocycles. The molecule has 0 saturated heterocycles. The number of rotatable bonds is 7. The lowest BCUT2D eigenvalue weighted by atomic mass is 9.75. The second-order valence-electron chi connectivity index (χ2n) is 6.65. The first-order chi connectivity index (χ1) is 10.0. The average Bonchev–Trinajstić information content (AvgIpc) is 2.92. The zero-order valence-corrected chi connectivity index (χ0v) is 13.7. The Hall–Kier alpha value is -1.14. The first-order valence-corrected chi connectivity index (χ1v) is 7.77. The molecule has 6 nitrogen and oxygen atoms in total. The van der Waals surface area contributed by atoms with Crippen molar-refractivity contribution in [3.05, 3.63) is 5.89 Å². The van der Waals surface area contributed by atoms with Crippen LogP contribution in [0, 0.1) is 5.41 Å². The number of anilines is 1. The van der Waals surface area contributed by atoms with Gasteiger partial charge in [0.05, 0.1) is 13.2 Å². The summed E-state index contributed by atoms with van der Waals surface area (Å²) in [7, 11) is 3.74. The molecule has 1 saturated carbocycles. The first-order valence-electron chi connectivity index (χ1n) is 7.77. The fourth-order valence-corrected chi connectivity index (χ4v) is 2.76. The average molecular weight is 296 g/mol. The Balaban J connectivity index is 1.83. The predicted molar refractivity (Wildman–Crippen MR) is 82.3 cm³/mol. The van der Waals surface area contributed by atoms with E-state index >= 15 is 0 Å². The summed E-state index contributed by atoms with van der Waals surface area (Å²) in [6, 6.07) is 1.14. The van der Waals surface area contributed by atoms with Gasteiger partial charge >= 0.3 is 6.01 Å². The molecule has 2 rings (SSSR count). The van der Waals surface area contributed by atoms with E-state index in [-0.39, 0.29) is 0 Å². The van der Waals surface area contributed by atoms with Crippen LogP contribution in [0.1, 0.15) is 45.4 Å². The molecule has 21 heavy (non-hydrogen) atoms. The molecule has 1 aromatic heterocycles. The van der Waals surface area contributed by atoms with E-state index in [0.717, 1.165) is 6.54 Å². The van der Waals surface area contributed by atoms with Gasteiger partial charge in [-0.05, 0) is 31.1 Å². The summed E-state index contributed by atoms with van der Waals surface area (Å²) in [5.41, 5.74) is 0.475. The van der Waals surface area contributed by atoms with Gasteiger partial charge in [-0.15, -0.1) is 5.10 Å². The molecule has 0 radical (unpaired) electrons. The molecule has 1 fully saturated rings. The molecule has 6 heteroatoms. The molecule has 1 aliphatic carbocycles. The van der Waals surface area contributed by atoms with Crippen molar-refractivity contribution in [1.82, 2.24) is 15.5 Å². The number of nitrogens with one attached hydrogen (secondary N) is 1. The Bertz CT molecular complexity index is 423. The van der Waals surface area contributed by atoms with Gasteiger partial charge in [-0.2, -0.15) is 0 Å². The van der Waals surface area contributed by atoms with E-state index in [1.165, 1.54) is 25.7 Å². The molecule has 0 bridgehead atoms. The highest BCUT2D eigenvalue weighted by Gasteiger charge is 2.30. The van der Waals surface area contributed by atoms with Gasteiger partial charge in [0.2, 0.25) is 5.89 Å². The molecule has 0 spiro atoms. The fourth-order valence-electron chi connectivity index (χ4n) is 2.76. The third-order valence-electron chi connectivity index (χ3n) is 4.37. The van der Waals surface area contributed by atoms with Gasteiger partial charge in [0.1, 0.15) is 0 Å². The lowest BCUT2D eigenvalue weighted by molar-refractivity contribution is 0.198. The molecule has 0 aliphatic heterocycles. The second-order valence-corrected chi connectivity index (χ2v) is 6.65. The highest BCUT2D eigenvalue weighted by Crippen LogP contribution is 2.37. The smallest absolute Gasteiger partial charge is 0.318 e. The van der Waals surface area contributed by atoms with Crippen LogP contribution in [0.15, 0.2) is 4.42 Å². The Morgan fingerprint density at radius 2 is 2.05 bits per heavy atom. The van der Waals surface area contributed by atoms with Crippen molar-refractivity contribution < 1.29 is 9.15 Å². The lowest BCUT2D eigenvalue weighted by Gasteiger charge is -2.37. The maximum Gasteiger partial charge on any atom is 0.318 e. The van der Waals surface area contributed by atoms with Crippen LogP contribution in [0.5, 0.6) is 0 Å². The zero-order valence-electron chi connectivity index (χ0n) is 13.7. The van der Waals surface area contributed by atoms with Gasteiger partial charge in [0.25, 0.3) is 0 Å². The molecule has 1 aliphatic rings. The summed E-state index contributed by atoms with van der Waals surface area (Å²) in [4.78, 5) is 2.14. The van der Waals surface area contributed by atoms with Gasteiger partial charge in [0.15, 0.2) is 0 Å². The van der Waals surface area contributed by atoms with Crippen molar-refractivity contribution >= 4 is 6.01 Å². The third kappa shape index (κ3) is 4.68. The first kappa shape index (κ1) is 16.2. The Morgan fingerprint density at radius 1 is 1.33 bits per heavy atom. The van der Waals surface area contributed by atoms with Crippen LogP contribution in [0.2, 0.25) is 0 Å². The van der Waals surface area contributed by atoms with Gasteiger partial charge < -0.3 is 19.4 Å². The molecular formula is C15H28N4O2. The summed E-state index contributed by atoms with van der Waals surface area (Å²) in [5, 5.41) is 11.5. The maximum atomic E-state index is 5.73. The molecule has 1 heterocycles. The number of methoxy groups -OCH3 is 1. The Labute approximate surface area is 127 Å². The largest absolute Gasteiger partial charge is 0.407 e. The minimum Gasteiger partial charge on any atom is -0.407 e. The highest BCUT2D eigenvalue weighted by atomic mass is 16.5. The summed E-state index contributed by atoms with van der Waals surface area (Å²) in [5.74, 6) is 0.629. The van der Waals surface area contributed by atoms with Gasteiger partial charge in [-0.1, -0.05) is 18.9 Å². The molecule has 1 aromatic rings. The number of ether oxygens (including phenoxy) is 1. The van der Waals surface area contributed by atoms with Gasteiger partial charge in [-0.25, -0.2) is 0 Å². The van der Waals surface area contributed by atoms with Crippen molar-refractivity contribution in [1.29, 1.82) is 0 Å². The van der Waals surface area contributed by atoms with Crippen LogP contribution in [0.3, 0.4) is 0 Å². The SMILES string of the molecule is COCCNCc1nnc(N(C)C2CCC(C)(C)CC2)o1. The molecular weight excluding hydrogens is 268 g/mol. The van der Waals surface area contributed by atoms with E-state index in [9.17, 15) is 0 Å². The Kier molecular flexibility index (Phi) is 5.58. The van der Waals surface area contributed by atoms with E-state index < -0.39 is 0 Å². The number of aromatic nitrogens is 2. The van der Waals surface area contributed by atoms with Gasteiger partial charge in [-0.3, -0.25) is 0 Å². The van der Waals surface area contributed by atoms with Crippen LogP contribution in [0.4, 0.5) is 6.01 Å². The van der Waals surface area contributed by atoms with Crippen molar-refractivity contribution in [2.45, 2.75) is 52.1 Å². The van der Waals surface area contributed by atoms with E-state index in [1.807, 2.05) is 0 Å². The second kappa shape index (κ2) is 7.22. The van der Waals surface area contributed by atoms with Crippen LogP contribution in [-0.4, -0.2) is 43.5 Å². The summed E-state index contributed by atoms with van der Waals surface area (Å²) < 4.78 is 10.7. The quantitative estimate of drug-likeness (QED) is 0.778. The monoisotopic (exact) mass is 296 g/mol. The van der Waals surface area contributed by atoms with Crippen LogP contribution in [-0.2, 0) is 11.3 Å². The summed E-state index contributed by atoms with van der Waals surface area (Å²) in [6.45, 7) is 6.74. The van der Waals surface area contributed by atoms with Crippen molar-refractivity contribution in [2.24, 2.45) is 5.41 Å². The summed E-state index contributed by atoms with van der Waals surface area (Å²) >= 11 is 0. The van der Waals surface area contributed by atoms with E-state index in [4.69, 9.17) is 9.15 Å². The van der Waals surface area contributed by atoms with Crippen molar-refractivity contribution in [3.63, 3.8) is 0 Å². The number of hydrogen-bond donors (Lipinski definition) is 1. The zero-order chi connectivity index (χ0) is 15.3. The standard InChI is InChI=1S/C15H28N4O2/c1-15(2)7-5-12(6-8-15)19(3)14-18-17-13(21-14)11-16-9-10-20-4/h12,16H,5-11H2,1-4H3. The van der Waals surface area contributed by atoms with Crippen LogP contribution in [0.25, 0.3) is 0 Å². The van der Waals surface area contributed by atoms with E-state index in [0.29, 0.717) is 36.5 Å². The number of hydrogen-bond acceptors (Lipinski definition) is 6. The highest BCUT2D eigenvalue weighted by molar-refractivity contribution is 5.25. The van der Waals surface area contributed by atoms with Crippen LogP contribution >= 0.6 is 0 Å². The molecule has 0 amide bonds. The van der Waals surface area contributed by atoms with Crippen LogP contribution < -0.4 is 10.2 Å². The fraction of sp³-hybridized carbons (Fsp3) is 0.867. The molecule has 1 N–H and O–H groups in total. The Morgan fingerprint density at radius 3 is 2.71 bits per heavy atom.